The molecule has 0 radical (unpaired) electrons. The Morgan fingerprint density at radius 2 is 0.952 bits per heavy atom. The molecule has 0 bridgehead atoms. The highest BCUT2D eigenvalue weighted by Gasteiger charge is 2.48. The smallest absolute Gasteiger partial charge is 0.424 e. The highest BCUT2D eigenvalue weighted by atomic mass is 28.5. The van der Waals surface area contributed by atoms with Gasteiger partial charge in [-0.2, -0.15) is 0 Å². The Hall–Kier alpha value is 0.472. The molecule has 0 unspecified atom stereocenters. The van der Waals surface area contributed by atoms with Crippen LogP contribution in [0.15, 0.2) is 11.7 Å². The van der Waals surface area contributed by atoms with Crippen LogP contribution in [-0.4, -0.2) is 50.9 Å². The molecule has 21 heavy (non-hydrogen) atoms. The third-order valence-corrected chi connectivity index (χ3v) is 13.2. The second-order valence-electron chi connectivity index (χ2n) is 8.02. The molecule has 0 rings (SSSR count). The van der Waals surface area contributed by atoms with E-state index in [1.165, 1.54) is 5.98 Å². The normalized spacial score (nSPS) is 14.8. The zero-order valence-corrected chi connectivity index (χ0v) is 18.9. The fourth-order valence-electron chi connectivity index (χ4n) is 1.65. The van der Waals surface area contributed by atoms with E-state index < -0.39 is 40.9 Å². The van der Waals surface area contributed by atoms with Crippen molar-refractivity contribution in [3.05, 3.63) is 11.7 Å². The van der Waals surface area contributed by atoms with Gasteiger partial charge in [-0.1, -0.05) is 5.98 Å². The van der Waals surface area contributed by atoms with Crippen LogP contribution in [0.1, 0.15) is 0 Å². The summed E-state index contributed by atoms with van der Waals surface area (Å²) < 4.78 is 19.0. The lowest BCUT2D eigenvalue weighted by Gasteiger charge is -2.41. The molecule has 0 aliphatic rings. The summed E-state index contributed by atoms with van der Waals surface area (Å²) >= 11 is 0. The molecule has 0 aromatic carbocycles. The lowest BCUT2D eigenvalue weighted by Crippen LogP contribution is -2.59. The minimum atomic E-state index is -3.08. The summed E-state index contributed by atoms with van der Waals surface area (Å²) in [5, 5.41) is 18.3. The molecule has 5 nitrogen and oxygen atoms in total. The third-order valence-electron chi connectivity index (χ3n) is 1.82. The van der Waals surface area contributed by atoms with Gasteiger partial charge in [-0.3, -0.25) is 0 Å². The van der Waals surface area contributed by atoms with Gasteiger partial charge in [-0.05, 0) is 64.6 Å². The van der Waals surface area contributed by atoms with Crippen molar-refractivity contribution in [2.45, 2.75) is 58.9 Å². The second kappa shape index (κ2) is 7.36. The van der Waals surface area contributed by atoms with E-state index in [1.807, 2.05) is 0 Å². The van der Waals surface area contributed by atoms with Gasteiger partial charge in [0.25, 0.3) is 0 Å². The van der Waals surface area contributed by atoms with E-state index in [1.54, 1.807) is 5.70 Å². The standard InChI is InChI=1S/C11H31BO5Si4/c1-18(2,3)15-21(11-10-12(13)14,16-19(4,5)6)17-20(7,8)9/h10-11,13-14H,1-9H3. The van der Waals surface area contributed by atoms with Crippen LogP contribution < -0.4 is 0 Å². The molecule has 2 N–H and O–H groups in total. The molecule has 124 valence electrons. The van der Waals surface area contributed by atoms with Gasteiger partial charge in [0.1, 0.15) is 0 Å². The van der Waals surface area contributed by atoms with Gasteiger partial charge in [0.05, 0.1) is 0 Å². The molecular weight excluding hydrogens is 335 g/mol. The molecule has 0 saturated carbocycles. The van der Waals surface area contributed by atoms with Crippen molar-refractivity contribution >= 4 is 40.9 Å². The highest BCUT2D eigenvalue weighted by molar-refractivity contribution is 6.92. The van der Waals surface area contributed by atoms with E-state index in [0.29, 0.717) is 0 Å². The summed E-state index contributed by atoms with van der Waals surface area (Å²) in [6.07, 6.45) is 0. The molecule has 10 heteroatoms. The van der Waals surface area contributed by atoms with Gasteiger partial charge < -0.3 is 22.4 Å². The van der Waals surface area contributed by atoms with Crippen LogP contribution in [0.3, 0.4) is 0 Å². The first-order chi connectivity index (χ1) is 9.04. The van der Waals surface area contributed by atoms with Gasteiger partial charge in [0.15, 0.2) is 25.0 Å². The Morgan fingerprint density at radius 3 is 1.14 bits per heavy atom. The largest absolute Gasteiger partial charge is 0.497 e. The van der Waals surface area contributed by atoms with Crippen molar-refractivity contribution < 1.29 is 22.4 Å². The minimum absolute atomic E-state index is 1.30. The monoisotopic (exact) mass is 366 g/mol. The summed E-state index contributed by atoms with van der Waals surface area (Å²) in [7, 11) is -10.4. The zero-order valence-electron chi connectivity index (χ0n) is 14.9. The van der Waals surface area contributed by atoms with Crippen molar-refractivity contribution in [2.75, 3.05) is 0 Å². The molecule has 0 atom stereocenters. The van der Waals surface area contributed by atoms with Crippen molar-refractivity contribution in [3.63, 3.8) is 0 Å². The molecule has 0 aliphatic heterocycles. The molecule has 0 fully saturated rings. The van der Waals surface area contributed by atoms with Gasteiger partial charge in [0.2, 0.25) is 0 Å². The summed E-state index contributed by atoms with van der Waals surface area (Å²) in [4.78, 5) is 0. The summed E-state index contributed by atoms with van der Waals surface area (Å²) in [6.45, 7) is 18.7. The van der Waals surface area contributed by atoms with Crippen LogP contribution in [-0.2, 0) is 12.3 Å². The average molecular weight is 367 g/mol. The summed E-state index contributed by atoms with van der Waals surface area (Å²) in [6, 6.07) is 0. The Bertz CT molecular complexity index is 316. The topological polar surface area (TPSA) is 68.2 Å². The first-order valence-corrected chi connectivity index (χ1v) is 19.2. The number of hydrogen-bond donors (Lipinski definition) is 2. The molecule has 0 saturated heterocycles. The van der Waals surface area contributed by atoms with E-state index in [9.17, 15) is 0 Å². The lowest BCUT2D eigenvalue weighted by atomic mass is 9.94. The van der Waals surface area contributed by atoms with E-state index >= 15 is 0 Å². The first kappa shape index (κ1) is 21.5. The van der Waals surface area contributed by atoms with Crippen LogP contribution in [0.2, 0.25) is 58.9 Å². The quantitative estimate of drug-likeness (QED) is 0.646. The van der Waals surface area contributed by atoms with Crippen LogP contribution >= 0.6 is 0 Å². The predicted molar refractivity (Wildman–Crippen MR) is 98.4 cm³/mol. The fraction of sp³-hybridized carbons (Fsp3) is 0.818. The molecule has 0 amide bonds. The van der Waals surface area contributed by atoms with Gasteiger partial charge in [0, 0.05) is 0 Å². The molecule has 0 heterocycles. The van der Waals surface area contributed by atoms with Crippen LogP contribution in [0.5, 0.6) is 0 Å². The van der Waals surface area contributed by atoms with Crippen LogP contribution in [0.25, 0.3) is 0 Å². The molecule has 0 aromatic rings. The number of rotatable bonds is 8. The lowest BCUT2D eigenvalue weighted by molar-refractivity contribution is 0.271. The van der Waals surface area contributed by atoms with Crippen molar-refractivity contribution in [2.24, 2.45) is 0 Å². The van der Waals surface area contributed by atoms with E-state index in [0.717, 1.165) is 0 Å². The predicted octanol–water partition coefficient (Wildman–Crippen LogP) is 2.59. The summed E-state index contributed by atoms with van der Waals surface area (Å²) in [5.74, 6) is 1.30. The SMILES string of the molecule is C[Si](C)(C)O[Si](C=CB(O)O)(O[Si](C)(C)C)O[Si](C)(C)C. The maximum absolute atomic E-state index is 9.17. The van der Waals surface area contributed by atoms with Crippen molar-refractivity contribution in [3.8, 4) is 0 Å². The van der Waals surface area contributed by atoms with Gasteiger partial charge in [-0.15, -0.1) is 0 Å². The maximum Gasteiger partial charge on any atom is 0.497 e. The van der Waals surface area contributed by atoms with Crippen molar-refractivity contribution in [1.29, 1.82) is 0 Å². The van der Waals surface area contributed by atoms with E-state index in [4.69, 9.17) is 22.4 Å². The van der Waals surface area contributed by atoms with E-state index in [-0.39, 0.29) is 0 Å². The summed E-state index contributed by atoms with van der Waals surface area (Å²) in [5.41, 5.74) is 1.65. The Balaban J connectivity index is 5.69. The molecular formula is C11H31BO5Si4. The van der Waals surface area contributed by atoms with Crippen molar-refractivity contribution in [1.82, 2.24) is 0 Å². The fourth-order valence-corrected chi connectivity index (χ4v) is 14.7. The van der Waals surface area contributed by atoms with Gasteiger partial charge >= 0.3 is 15.9 Å². The third kappa shape index (κ3) is 11.7. The minimum Gasteiger partial charge on any atom is -0.424 e. The molecule has 0 aromatic heterocycles. The zero-order chi connectivity index (χ0) is 17.1. The second-order valence-corrected chi connectivity index (χ2v) is 24.7. The molecule has 0 spiro atoms. The Morgan fingerprint density at radius 1 is 0.667 bits per heavy atom. The Labute approximate surface area is 134 Å². The van der Waals surface area contributed by atoms with Crippen LogP contribution in [0, 0.1) is 0 Å². The highest BCUT2D eigenvalue weighted by Crippen LogP contribution is 2.26. The van der Waals surface area contributed by atoms with Gasteiger partial charge in [-0.25, -0.2) is 0 Å². The number of hydrogen-bond acceptors (Lipinski definition) is 5. The van der Waals surface area contributed by atoms with E-state index in [2.05, 4.69) is 58.9 Å². The molecule has 0 aliphatic carbocycles. The van der Waals surface area contributed by atoms with Crippen LogP contribution in [0.4, 0.5) is 0 Å². The maximum atomic E-state index is 9.17. The first-order valence-electron chi connectivity index (χ1n) is 7.20. The average Bonchev–Trinajstić information content (AvgIpc) is 2.05. The Kier molecular flexibility index (Phi) is 7.53.